The van der Waals surface area contributed by atoms with Crippen molar-refractivity contribution in [3.8, 4) is 0 Å². The van der Waals surface area contributed by atoms with Gasteiger partial charge in [0.05, 0.1) is 5.75 Å². The first kappa shape index (κ1) is 15.2. The van der Waals surface area contributed by atoms with Crippen LogP contribution in [0.1, 0.15) is 11.1 Å². The Morgan fingerprint density at radius 3 is 2.20 bits per heavy atom. The zero-order valence-corrected chi connectivity index (χ0v) is 13.4. The van der Waals surface area contributed by atoms with Crippen LogP contribution >= 0.6 is 22.6 Å². The molecule has 0 unspecified atom stereocenters. The van der Waals surface area contributed by atoms with Gasteiger partial charge in [0, 0.05) is 8.98 Å². The summed E-state index contributed by atoms with van der Waals surface area (Å²) in [7, 11) is -3.36. The molecule has 104 valence electrons. The van der Waals surface area contributed by atoms with E-state index >= 15 is 0 Å². The normalized spacial score (nSPS) is 11.9. The number of benzene rings is 2. The molecule has 0 heterocycles. The molecule has 0 aliphatic rings. The molecular weight excluding hydrogens is 390 g/mol. The maximum Gasteiger partial charge on any atom is 0.175 e. The lowest BCUT2D eigenvalue weighted by atomic mass is 10.2. The molecule has 2 aromatic rings. The van der Waals surface area contributed by atoms with E-state index in [9.17, 15) is 12.8 Å². The molecule has 0 atom stereocenters. The Hall–Kier alpha value is -1.21. The summed E-state index contributed by atoms with van der Waals surface area (Å²) in [6.45, 7) is 0. The van der Waals surface area contributed by atoms with Gasteiger partial charge >= 0.3 is 0 Å². The van der Waals surface area contributed by atoms with Crippen LogP contribution in [0.2, 0.25) is 0 Å². The molecule has 0 aliphatic heterocycles. The molecule has 0 spiro atoms. The Morgan fingerprint density at radius 1 is 1.00 bits per heavy atom. The maximum absolute atomic E-state index is 12.8. The molecule has 5 heteroatoms. The molecular formula is C15H12FIO2S. The Bertz CT molecular complexity index is 705. The lowest BCUT2D eigenvalue weighted by Gasteiger charge is -2.00. The molecule has 0 saturated heterocycles. The summed E-state index contributed by atoms with van der Waals surface area (Å²) in [5.41, 5.74) is 1.40. The number of hydrogen-bond donors (Lipinski definition) is 0. The molecule has 0 aromatic heterocycles. The van der Waals surface area contributed by atoms with Gasteiger partial charge in [-0.2, -0.15) is 0 Å². The van der Waals surface area contributed by atoms with E-state index < -0.39 is 9.84 Å². The van der Waals surface area contributed by atoms with Crippen molar-refractivity contribution in [2.75, 3.05) is 0 Å². The number of halogens is 2. The van der Waals surface area contributed by atoms with Crippen molar-refractivity contribution >= 4 is 38.5 Å². The summed E-state index contributed by atoms with van der Waals surface area (Å²) in [6, 6.07) is 13.0. The topological polar surface area (TPSA) is 34.1 Å². The summed E-state index contributed by atoms with van der Waals surface area (Å²) in [5.74, 6) is -0.505. The van der Waals surface area contributed by atoms with E-state index in [1.807, 2.05) is 24.3 Å². The molecule has 0 aliphatic carbocycles. The van der Waals surface area contributed by atoms with E-state index in [2.05, 4.69) is 22.6 Å². The Kier molecular flexibility index (Phi) is 4.93. The minimum Gasteiger partial charge on any atom is -0.224 e. The molecule has 0 amide bonds. The zero-order valence-electron chi connectivity index (χ0n) is 10.5. The van der Waals surface area contributed by atoms with Gasteiger partial charge < -0.3 is 0 Å². The number of rotatable bonds is 4. The molecule has 2 aromatic carbocycles. The average Bonchev–Trinajstić information content (AvgIpc) is 2.41. The van der Waals surface area contributed by atoms with Gasteiger partial charge in [-0.05, 0) is 64.1 Å². The van der Waals surface area contributed by atoms with Crippen LogP contribution in [0.25, 0.3) is 6.08 Å². The first-order valence-electron chi connectivity index (χ1n) is 5.85. The molecule has 0 bridgehead atoms. The van der Waals surface area contributed by atoms with Crippen LogP contribution in [0.15, 0.2) is 53.9 Å². The van der Waals surface area contributed by atoms with Gasteiger partial charge in [-0.1, -0.05) is 24.3 Å². The third-order valence-electron chi connectivity index (χ3n) is 2.62. The van der Waals surface area contributed by atoms with Crippen molar-refractivity contribution in [3.63, 3.8) is 0 Å². The first-order chi connectivity index (χ1) is 9.44. The van der Waals surface area contributed by atoms with E-state index in [0.717, 1.165) is 9.13 Å². The van der Waals surface area contributed by atoms with Crippen molar-refractivity contribution in [2.24, 2.45) is 0 Å². The zero-order chi connectivity index (χ0) is 14.6. The van der Waals surface area contributed by atoms with Crippen LogP contribution in [0.4, 0.5) is 4.39 Å². The highest BCUT2D eigenvalue weighted by Gasteiger charge is 2.07. The third kappa shape index (κ3) is 4.72. The molecule has 0 radical (unpaired) electrons. The largest absolute Gasteiger partial charge is 0.224 e. The third-order valence-corrected chi connectivity index (χ3v) is 4.62. The number of sulfone groups is 1. The highest BCUT2D eigenvalue weighted by atomic mass is 127. The first-order valence-corrected chi connectivity index (χ1v) is 8.65. The van der Waals surface area contributed by atoms with Crippen LogP contribution in [0, 0.1) is 9.39 Å². The van der Waals surface area contributed by atoms with Crippen LogP contribution in [-0.2, 0) is 15.6 Å². The van der Waals surface area contributed by atoms with E-state index in [4.69, 9.17) is 0 Å². The van der Waals surface area contributed by atoms with Crippen LogP contribution in [0.3, 0.4) is 0 Å². The molecule has 0 N–H and O–H groups in total. The fourth-order valence-corrected chi connectivity index (χ4v) is 3.09. The van der Waals surface area contributed by atoms with Crippen molar-refractivity contribution in [3.05, 3.63) is 74.5 Å². The van der Waals surface area contributed by atoms with Gasteiger partial charge in [-0.3, -0.25) is 0 Å². The summed E-state index contributed by atoms with van der Waals surface area (Å²) in [4.78, 5) is 0. The van der Waals surface area contributed by atoms with Crippen LogP contribution < -0.4 is 0 Å². The standard InChI is InChI=1S/C15H12FIO2S/c16-14-5-1-13(2-6-14)11-20(18,19)10-9-12-3-7-15(17)8-4-12/h1-10H,11H2. The smallest absolute Gasteiger partial charge is 0.175 e. The van der Waals surface area contributed by atoms with E-state index in [-0.39, 0.29) is 11.6 Å². The second-order valence-electron chi connectivity index (χ2n) is 4.29. The fourth-order valence-electron chi connectivity index (χ4n) is 1.62. The summed E-state index contributed by atoms with van der Waals surface area (Å²) in [5, 5.41) is 1.19. The quantitative estimate of drug-likeness (QED) is 0.725. The lowest BCUT2D eigenvalue weighted by molar-refractivity contribution is 0.603. The van der Waals surface area contributed by atoms with Crippen LogP contribution in [0.5, 0.6) is 0 Å². The highest BCUT2D eigenvalue weighted by molar-refractivity contribution is 14.1. The second kappa shape index (κ2) is 6.49. The van der Waals surface area contributed by atoms with Gasteiger partial charge in [0.15, 0.2) is 9.84 Å². The van der Waals surface area contributed by atoms with Gasteiger partial charge in [0.25, 0.3) is 0 Å². The van der Waals surface area contributed by atoms with Gasteiger partial charge in [0.1, 0.15) is 5.82 Å². The SMILES string of the molecule is O=S(=O)(C=Cc1ccc(I)cc1)Cc1ccc(F)cc1. The summed E-state index contributed by atoms with van der Waals surface area (Å²) >= 11 is 2.19. The molecule has 0 fully saturated rings. The Balaban J connectivity index is 2.11. The van der Waals surface area contributed by atoms with E-state index in [0.29, 0.717) is 5.56 Å². The van der Waals surface area contributed by atoms with Crippen molar-refractivity contribution in [2.45, 2.75) is 5.75 Å². The lowest BCUT2D eigenvalue weighted by Crippen LogP contribution is -1.99. The van der Waals surface area contributed by atoms with Gasteiger partial charge in [0.2, 0.25) is 0 Å². The summed E-state index contributed by atoms with van der Waals surface area (Å²) < 4.78 is 37.7. The monoisotopic (exact) mass is 402 g/mol. The van der Waals surface area contributed by atoms with E-state index in [1.54, 1.807) is 6.08 Å². The summed E-state index contributed by atoms with van der Waals surface area (Å²) in [6.07, 6.45) is 1.56. The maximum atomic E-state index is 12.8. The molecule has 20 heavy (non-hydrogen) atoms. The Morgan fingerprint density at radius 2 is 1.60 bits per heavy atom. The average molecular weight is 402 g/mol. The highest BCUT2D eigenvalue weighted by Crippen LogP contribution is 2.12. The van der Waals surface area contributed by atoms with E-state index in [1.165, 1.54) is 29.7 Å². The fraction of sp³-hybridized carbons (Fsp3) is 0.0667. The molecule has 2 nitrogen and oxygen atoms in total. The van der Waals surface area contributed by atoms with Crippen molar-refractivity contribution in [1.82, 2.24) is 0 Å². The molecule has 0 saturated carbocycles. The predicted octanol–water partition coefficient (Wildman–Crippen LogP) is 4.02. The van der Waals surface area contributed by atoms with Crippen molar-refractivity contribution in [1.29, 1.82) is 0 Å². The van der Waals surface area contributed by atoms with Gasteiger partial charge in [-0.15, -0.1) is 0 Å². The Labute approximate surface area is 131 Å². The molecule has 2 rings (SSSR count). The number of hydrogen-bond acceptors (Lipinski definition) is 2. The minimum absolute atomic E-state index is 0.131. The second-order valence-corrected chi connectivity index (χ2v) is 7.42. The van der Waals surface area contributed by atoms with Gasteiger partial charge in [-0.25, -0.2) is 12.8 Å². The predicted molar refractivity (Wildman–Crippen MR) is 87.2 cm³/mol. The van der Waals surface area contributed by atoms with Crippen molar-refractivity contribution < 1.29 is 12.8 Å². The minimum atomic E-state index is -3.36. The van der Waals surface area contributed by atoms with Crippen LogP contribution in [-0.4, -0.2) is 8.42 Å².